The summed E-state index contributed by atoms with van der Waals surface area (Å²) in [4.78, 5) is 17.1. The molecule has 0 unspecified atom stereocenters. The summed E-state index contributed by atoms with van der Waals surface area (Å²) in [5.74, 6) is -0.531. The van der Waals surface area contributed by atoms with E-state index in [-0.39, 0.29) is 10.7 Å². The first-order valence-corrected chi connectivity index (χ1v) is 8.02. The van der Waals surface area contributed by atoms with Gasteiger partial charge in [0.1, 0.15) is 11.6 Å². The molecule has 0 atom stereocenters. The Hall–Kier alpha value is -2.33. The monoisotopic (exact) mass is 362 g/mol. The number of hydrogen-bond acceptors (Lipinski definition) is 4. The highest BCUT2D eigenvalue weighted by Crippen LogP contribution is 2.24. The highest BCUT2D eigenvalue weighted by Gasteiger charge is 2.14. The van der Waals surface area contributed by atoms with E-state index < -0.39 is 5.91 Å². The second-order valence-corrected chi connectivity index (χ2v) is 6.14. The number of rotatable bonds is 3. The molecule has 5 nitrogen and oxygen atoms in total. The molecule has 0 fully saturated rings. The van der Waals surface area contributed by atoms with Crippen molar-refractivity contribution in [3.63, 3.8) is 0 Å². The fourth-order valence-corrected chi connectivity index (χ4v) is 3.05. The van der Waals surface area contributed by atoms with Gasteiger partial charge in [-0.2, -0.15) is 5.26 Å². The largest absolute Gasteiger partial charge is 0.321 e. The van der Waals surface area contributed by atoms with Gasteiger partial charge in [0.25, 0.3) is 5.91 Å². The number of carbonyl (C=O) groups is 1. The lowest BCUT2D eigenvalue weighted by molar-refractivity contribution is -0.112. The standard InChI is InChI=1S/C15H8Cl2N4OS/c16-10-1-3-11(4-2-10)19-14(22)9(8-18)7-12-13(17)20-15-21(12)5-6-23-15/h1-7H,(H,19,22). The summed E-state index contributed by atoms with van der Waals surface area (Å²) in [6.07, 6.45) is 3.19. The van der Waals surface area contributed by atoms with E-state index in [0.29, 0.717) is 21.4 Å². The van der Waals surface area contributed by atoms with E-state index in [4.69, 9.17) is 23.2 Å². The van der Waals surface area contributed by atoms with Crippen LogP contribution in [0.5, 0.6) is 0 Å². The number of aromatic nitrogens is 2. The topological polar surface area (TPSA) is 70.2 Å². The highest BCUT2D eigenvalue weighted by atomic mass is 35.5. The van der Waals surface area contributed by atoms with Crippen LogP contribution in [0.4, 0.5) is 5.69 Å². The van der Waals surface area contributed by atoms with Gasteiger partial charge in [0.05, 0.1) is 5.69 Å². The average molecular weight is 363 g/mol. The predicted octanol–water partition coefficient (Wildman–Crippen LogP) is 4.25. The molecule has 114 valence electrons. The Balaban J connectivity index is 1.91. The first kappa shape index (κ1) is 15.6. The number of benzene rings is 1. The van der Waals surface area contributed by atoms with Gasteiger partial charge in [0.2, 0.25) is 0 Å². The van der Waals surface area contributed by atoms with Gasteiger partial charge in [-0.25, -0.2) is 4.98 Å². The molecule has 2 aromatic heterocycles. The van der Waals surface area contributed by atoms with Crippen molar-refractivity contribution >= 4 is 57.2 Å². The van der Waals surface area contributed by atoms with E-state index in [1.165, 1.54) is 17.4 Å². The molecule has 23 heavy (non-hydrogen) atoms. The number of hydrogen-bond donors (Lipinski definition) is 1. The molecule has 8 heteroatoms. The van der Waals surface area contributed by atoms with Gasteiger partial charge in [0.15, 0.2) is 10.1 Å². The normalized spacial score (nSPS) is 11.4. The van der Waals surface area contributed by atoms with E-state index in [1.54, 1.807) is 34.9 Å². The molecule has 3 rings (SSSR count). The zero-order chi connectivity index (χ0) is 16.4. The first-order valence-electron chi connectivity index (χ1n) is 6.38. The Morgan fingerprint density at radius 3 is 2.78 bits per heavy atom. The van der Waals surface area contributed by atoms with E-state index in [2.05, 4.69) is 10.3 Å². The SMILES string of the molecule is N#CC(=Cc1c(Cl)nc2sccn12)C(=O)Nc1ccc(Cl)cc1. The van der Waals surface area contributed by atoms with Crippen molar-refractivity contribution in [2.24, 2.45) is 0 Å². The van der Waals surface area contributed by atoms with Crippen LogP contribution in [0.3, 0.4) is 0 Å². The van der Waals surface area contributed by atoms with E-state index in [9.17, 15) is 10.1 Å². The minimum atomic E-state index is -0.531. The molecule has 2 heterocycles. The number of fused-ring (bicyclic) bond motifs is 1. The van der Waals surface area contributed by atoms with Crippen LogP contribution in [0, 0.1) is 11.3 Å². The quantitative estimate of drug-likeness (QED) is 0.559. The second kappa shape index (κ2) is 6.42. The summed E-state index contributed by atoms with van der Waals surface area (Å²) in [5, 5.41) is 14.5. The molecule has 0 aliphatic rings. The van der Waals surface area contributed by atoms with Crippen molar-refractivity contribution in [3.8, 4) is 6.07 Å². The summed E-state index contributed by atoms with van der Waals surface area (Å²) < 4.78 is 1.72. The van der Waals surface area contributed by atoms with E-state index >= 15 is 0 Å². The number of amides is 1. The zero-order valence-electron chi connectivity index (χ0n) is 11.5. The van der Waals surface area contributed by atoms with Gasteiger partial charge in [-0.1, -0.05) is 23.2 Å². The van der Waals surface area contributed by atoms with Gasteiger partial charge in [-0.05, 0) is 30.3 Å². The number of imidazole rings is 1. The van der Waals surface area contributed by atoms with E-state index in [1.807, 2.05) is 11.4 Å². The molecule has 0 saturated carbocycles. The van der Waals surface area contributed by atoms with Crippen molar-refractivity contribution in [3.05, 3.63) is 57.3 Å². The summed E-state index contributed by atoms with van der Waals surface area (Å²) >= 11 is 13.3. The van der Waals surface area contributed by atoms with E-state index in [0.717, 1.165) is 0 Å². The molecular formula is C15H8Cl2N4OS. The maximum Gasteiger partial charge on any atom is 0.266 e. The number of anilines is 1. The molecule has 1 N–H and O–H groups in total. The zero-order valence-corrected chi connectivity index (χ0v) is 13.8. The minimum absolute atomic E-state index is 0.0742. The average Bonchev–Trinajstić information content (AvgIpc) is 3.08. The molecule has 0 bridgehead atoms. The highest BCUT2D eigenvalue weighted by molar-refractivity contribution is 7.15. The molecule has 0 aliphatic carbocycles. The first-order chi connectivity index (χ1) is 11.1. The third-order valence-corrected chi connectivity index (χ3v) is 4.29. The Morgan fingerprint density at radius 2 is 2.09 bits per heavy atom. The number of nitrogens with one attached hydrogen (secondary N) is 1. The lowest BCUT2D eigenvalue weighted by Crippen LogP contribution is -2.13. The number of thiazole rings is 1. The Kier molecular flexibility index (Phi) is 4.35. The number of nitrogens with zero attached hydrogens (tertiary/aromatic N) is 3. The Bertz CT molecular complexity index is 950. The smallest absolute Gasteiger partial charge is 0.266 e. The van der Waals surface area contributed by atoms with Crippen LogP contribution < -0.4 is 5.32 Å². The van der Waals surface area contributed by atoms with Crippen LogP contribution in [-0.4, -0.2) is 15.3 Å². The van der Waals surface area contributed by atoms with Crippen molar-refractivity contribution < 1.29 is 4.79 Å². The van der Waals surface area contributed by atoms with Crippen molar-refractivity contribution in [1.29, 1.82) is 5.26 Å². The molecule has 1 aromatic carbocycles. The molecular weight excluding hydrogens is 355 g/mol. The second-order valence-electron chi connectivity index (χ2n) is 4.47. The molecule has 3 aromatic rings. The number of halogens is 2. The van der Waals surface area contributed by atoms with Gasteiger partial charge in [0, 0.05) is 22.3 Å². The molecule has 0 spiro atoms. The number of nitriles is 1. The summed E-state index contributed by atoms with van der Waals surface area (Å²) in [6, 6.07) is 8.48. The third kappa shape index (κ3) is 3.22. The minimum Gasteiger partial charge on any atom is -0.321 e. The molecule has 1 amide bonds. The maximum atomic E-state index is 12.2. The van der Waals surface area contributed by atoms with Crippen molar-refractivity contribution in [1.82, 2.24) is 9.38 Å². The van der Waals surface area contributed by atoms with Crippen LogP contribution >= 0.6 is 34.5 Å². The lowest BCUT2D eigenvalue weighted by atomic mass is 10.2. The van der Waals surface area contributed by atoms with Gasteiger partial charge in [-0.3, -0.25) is 9.20 Å². The van der Waals surface area contributed by atoms with Gasteiger partial charge in [-0.15, -0.1) is 11.3 Å². The van der Waals surface area contributed by atoms with Crippen LogP contribution in [0.2, 0.25) is 10.2 Å². The molecule has 0 saturated heterocycles. The maximum absolute atomic E-state index is 12.2. The molecule has 0 radical (unpaired) electrons. The van der Waals surface area contributed by atoms with Crippen LogP contribution in [-0.2, 0) is 4.79 Å². The fraction of sp³-hybridized carbons (Fsp3) is 0. The van der Waals surface area contributed by atoms with Crippen LogP contribution in [0.25, 0.3) is 11.0 Å². The van der Waals surface area contributed by atoms with Gasteiger partial charge >= 0.3 is 0 Å². The summed E-state index contributed by atoms with van der Waals surface area (Å²) in [5.41, 5.74) is 0.959. The lowest BCUT2D eigenvalue weighted by Gasteiger charge is -2.04. The summed E-state index contributed by atoms with van der Waals surface area (Å²) in [6.45, 7) is 0. The summed E-state index contributed by atoms with van der Waals surface area (Å²) in [7, 11) is 0. The number of carbonyl (C=O) groups excluding carboxylic acids is 1. The van der Waals surface area contributed by atoms with Crippen molar-refractivity contribution in [2.75, 3.05) is 5.32 Å². The fourth-order valence-electron chi connectivity index (χ4n) is 1.92. The van der Waals surface area contributed by atoms with Crippen molar-refractivity contribution in [2.45, 2.75) is 0 Å². The van der Waals surface area contributed by atoms with Crippen LogP contribution in [0.15, 0.2) is 41.4 Å². The predicted molar refractivity (Wildman–Crippen MR) is 91.8 cm³/mol. The van der Waals surface area contributed by atoms with Crippen LogP contribution in [0.1, 0.15) is 5.69 Å². The van der Waals surface area contributed by atoms with Gasteiger partial charge < -0.3 is 5.32 Å². The third-order valence-electron chi connectivity index (χ3n) is 3.00. The Morgan fingerprint density at radius 1 is 1.35 bits per heavy atom. The Labute approximate surface area is 145 Å². The molecule has 0 aliphatic heterocycles.